The summed E-state index contributed by atoms with van der Waals surface area (Å²) in [5.41, 5.74) is 2.12. The van der Waals surface area contributed by atoms with Gasteiger partial charge in [0, 0.05) is 26.7 Å². The number of hydrogen-bond donors (Lipinski definition) is 1. The van der Waals surface area contributed by atoms with Crippen LogP contribution in [0.3, 0.4) is 0 Å². The molecule has 1 N–H and O–H groups in total. The summed E-state index contributed by atoms with van der Waals surface area (Å²) >= 11 is 0. The maximum Gasteiger partial charge on any atom is 0.236 e. The lowest BCUT2D eigenvalue weighted by Crippen LogP contribution is -2.36. The smallest absolute Gasteiger partial charge is 0.236 e. The Balaban J connectivity index is 1.75. The molecule has 1 amide bonds. The van der Waals surface area contributed by atoms with Crippen molar-refractivity contribution in [3.8, 4) is 0 Å². The van der Waals surface area contributed by atoms with Gasteiger partial charge in [-0.3, -0.25) is 9.48 Å². The van der Waals surface area contributed by atoms with Crippen LogP contribution in [0.1, 0.15) is 24.2 Å². The highest BCUT2D eigenvalue weighted by molar-refractivity contribution is 5.78. The number of likely N-dealkylation sites (tertiary alicyclic amines) is 1. The summed E-state index contributed by atoms with van der Waals surface area (Å²) in [5, 5.41) is 7.45. The average Bonchev–Trinajstić information content (AvgIpc) is 2.89. The van der Waals surface area contributed by atoms with E-state index in [1.807, 2.05) is 29.6 Å². The normalized spacial score (nSPS) is 15.5. The quantitative estimate of drug-likeness (QED) is 0.825. The zero-order valence-corrected chi connectivity index (χ0v) is 10.6. The maximum atomic E-state index is 11.8. The lowest BCUT2D eigenvalue weighted by atomic mass is 10.3. The van der Waals surface area contributed by atoms with Crippen molar-refractivity contribution in [1.82, 2.24) is 20.0 Å². The van der Waals surface area contributed by atoms with Crippen LogP contribution in [0.4, 0.5) is 0 Å². The maximum absolute atomic E-state index is 11.8. The topological polar surface area (TPSA) is 50.2 Å². The number of aromatic nitrogens is 2. The third kappa shape index (κ3) is 3.06. The van der Waals surface area contributed by atoms with Crippen molar-refractivity contribution in [1.29, 1.82) is 0 Å². The van der Waals surface area contributed by atoms with Gasteiger partial charge in [0.05, 0.1) is 17.9 Å². The third-order valence-electron chi connectivity index (χ3n) is 3.14. The van der Waals surface area contributed by atoms with Gasteiger partial charge in [-0.15, -0.1) is 0 Å². The van der Waals surface area contributed by atoms with E-state index < -0.39 is 0 Å². The first-order valence-electron chi connectivity index (χ1n) is 6.15. The molecule has 0 unspecified atom stereocenters. The zero-order valence-electron chi connectivity index (χ0n) is 10.6. The average molecular weight is 236 g/mol. The third-order valence-corrected chi connectivity index (χ3v) is 3.14. The predicted molar refractivity (Wildman–Crippen MR) is 65.5 cm³/mol. The Kier molecular flexibility index (Phi) is 3.78. The largest absolute Gasteiger partial charge is 0.342 e. The molecule has 2 rings (SSSR count). The number of rotatable bonds is 4. The SMILES string of the molecule is Cc1cc(CNCC(=O)N2CCCC2)n(C)n1. The van der Waals surface area contributed by atoms with Crippen molar-refractivity contribution in [2.24, 2.45) is 7.05 Å². The molecule has 0 radical (unpaired) electrons. The molecule has 1 aromatic heterocycles. The number of nitrogens with zero attached hydrogens (tertiary/aromatic N) is 3. The van der Waals surface area contributed by atoms with E-state index in [4.69, 9.17) is 0 Å². The summed E-state index contributed by atoms with van der Waals surface area (Å²) in [5.74, 6) is 0.210. The molecule has 0 aliphatic carbocycles. The molecule has 0 spiro atoms. The van der Waals surface area contributed by atoms with Gasteiger partial charge in [0.1, 0.15) is 0 Å². The molecular formula is C12H20N4O. The van der Waals surface area contributed by atoms with Crippen LogP contribution in [-0.2, 0) is 18.4 Å². The fourth-order valence-corrected chi connectivity index (χ4v) is 2.21. The van der Waals surface area contributed by atoms with Crippen molar-refractivity contribution >= 4 is 5.91 Å². The summed E-state index contributed by atoms with van der Waals surface area (Å²) in [7, 11) is 1.92. The van der Waals surface area contributed by atoms with Gasteiger partial charge in [0.15, 0.2) is 0 Å². The molecule has 1 aliphatic heterocycles. The Morgan fingerprint density at radius 1 is 1.47 bits per heavy atom. The van der Waals surface area contributed by atoms with Crippen LogP contribution < -0.4 is 5.32 Å². The lowest BCUT2D eigenvalue weighted by Gasteiger charge is -2.15. The standard InChI is InChI=1S/C12H20N4O/c1-10-7-11(15(2)14-10)8-13-9-12(17)16-5-3-4-6-16/h7,13H,3-6,8-9H2,1-2H3. The molecule has 1 aromatic rings. The molecule has 2 heterocycles. The Morgan fingerprint density at radius 3 is 2.76 bits per heavy atom. The Hall–Kier alpha value is -1.36. The minimum Gasteiger partial charge on any atom is -0.342 e. The fraction of sp³-hybridized carbons (Fsp3) is 0.667. The van der Waals surface area contributed by atoms with Crippen LogP contribution in [0.2, 0.25) is 0 Å². The molecule has 17 heavy (non-hydrogen) atoms. The van der Waals surface area contributed by atoms with Crippen molar-refractivity contribution < 1.29 is 4.79 Å². The van der Waals surface area contributed by atoms with Gasteiger partial charge in [-0.25, -0.2) is 0 Å². The molecule has 0 saturated carbocycles. The van der Waals surface area contributed by atoms with Gasteiger partial charge in [0.25, 0.3) is 0 Å². The van der Waals surface area contributed by atoms with E-state index in [1.165, 1.54) is 0 Å². The highest BCUT2D eigenvalue weighted by Gasteiger charge is 2.17. The van der Waals surface area contributed by atoms with E-state index in [-0.39, 0.29) is 5.91 Å². The molecule has 5 heteroatoms. The molecule has 0 aromatic carbocycles. The highest BCUT2D eigenvalue weighted by atomic mass is 16.2. The van der Waals surface area contributed by atoms with E-state index in [9.17, 15) is 4.79 Å². The van der Waals surface area contributed by atoms with Crippen molar-refractivity contribution in [2.75, 3.05) is 19.6 Å². The lowest BCUT2D eigenvalue weighted by molar-refractivity contribution is -0.129. The molecule has 94 valence electrons. The summed E-state index contributed by atoms with van der Waals surface area (Å²) in [6, 6.07) is 2.04. The second-order valence-corrected chi connectivity index (χ2v) is 4.59. The van der Waals surface area contributed by atoms with Gasteiger partial charge in [-0.1, -0.05) is 0 Å². The first-order chi connectivity index (χ1) is 8.16. The fourth-order valence-electron chi connectivity index (χ4n) is 2.21. The summed E-state index contributed by atoms with van der Waals surface area (Å²) in [4.78, 5) is 13.7. The van der Waals surface area contributed by atoms with Gasteiger partial charge in [-0.05, 0) is 25.8 Å². The molecule has 0 atom stereocenters. The first-order valence-corrected chi connectivity index (χ1v) is 6.15. The Bertz CT molecular complexity index is 393. The van der Waals surface area contributed by atoms with E-state index in [2.05, 4.69) is 10.4 Å². The highest BCUT2D eigenvalue weighted by Crippen LogP contribution is 2.07. The van der Waals surface area contributed by atoms with E-state index in [0.717, 1.165) is 37.3 Å². The number of carbonyl (C=O) groups is 1. The van der Waals surface area contributed by atoms with Gasteiger partial charge in [0.2, 0.25) is 5.91 Å². The number of hydrogen-bond acceptors (Lipinski definition) is 3. The Morgan fingerprint density at radius 2 is 2.18 bits per heavy atom. The molecule has 5 nitrogen and oxygen atoms in total. The number of carbonyl (C=O) groups excluding carboxylic acids is 1. The van der Waals surface area contributed by atoms with Crippen LogP contribution in [0.5, 0.6) is 0 Å². The van der Waals surface area contributed by atoms with Crippen molar-refractivity contribution in [3.63, 3.8) is 0 Å². The van der Waals surface area contributed by atoms with Gasteiger partial charge < -0.3 is 10.2 Å². The van der Waals surface area contributed by atoms with Crippen LogP contribution in [-0.4, -0.2) is 40.2 Å². The van der Waals surface area contributed by atoms with Gasteiger partial charge >= 0.3 is 0 Å². The summed E-state index contributed by atoms with van der Waals surface area (Å²) in [6.07, 6.45) is 2.29. The van der Waals surface area contributed by atoms with Crippen LogP contribution in [0.15, 0.2) is 6.07 Å². The first kappa shape index (κ1) is 12.1. The molecule has 1 aliphatic rings. The summed E-state index contributed by atoms with van der Waals surface area (Å²) in [6.45, 7) is 4.93. The second kappa shape index (κ2) is 5.31. The number of aryl methyl sites for hydroxylation is 2. The van der Waals surface area contributed by atoms with E-state index in [0.29, 0.717) is 13.1 Å². The molecule has 1 saturated heterocycles. The minimum absolute atomic E-state index is 0.210. The van der Waals surface area contributed by atoms with E-state index >= 15 is 0 Å². The van der Waals surface area contributed by atoms with Crippen LogP contribution in [0.25, 0.3) is 0 Å². The van der Waals surface area contributed by atoms with Gasteiger partial charge in [-0.2, -0.15) is 5.10 Å². The van der Waals surface area contributed by atoms with Crippen molar-refractivity contribution in [3.05, 3.63) is 17.5 Å². The minimum atomic E-state index is 0.210. The molecule has 0 bridgehead atoms. The number of amides is 1. The molecular weight excluding hydrogens is 216 g/mol. The van der Waals surface area contributed by atoms with E-state index in [1.54, 1.807) is 0 Å². The second-order valence-electron chi connectivity index (χ2n) is 4.59. The van der Waals surface area contributed by atoms with Crippen LogP contribution in [0, 0.1) is 6.92 Å². The monoisotopic (exact) mass is 236 g/mol. The zero-order chi connectivity index (χ0) is 12.3. The van der Waals surface area contributed by atoms with Crippen LogP contribution >= 0.6 is 0 Å². The predicted octanol–water partition coefficient (Wildman–Crippen LogP) is 0.441. The van der Waals surface area contributed by atoms with Crippen molar-refractivity contribution in [2.45, 2.75) is 26.3 Å². The summed E-state index contributed by atoms with van der Waals surface area (Å²) < 4.78 is 1.85. The Labute approximate surface area is 102 Å². The molecule has 1 fully saturated rings. The number of nitrogens with one attached hydrogen (secondary N) is 1.